The first kappa shape index (κ1) is 24.8. The van der Waals surface area contributed by atoms with Gasteiger partial charge in [0.05, 0.1) is 29.0 Å². The van der Waals surface area contributed by atoms with Crippen molar-refractivity contribution in [3.05, 3.63) is 108 Å². The molecule has 0 fully saturated rings. The van der Waals surface area contributed by atoms with Gasteiger partial charge in [-0.25, -0.2) is 9.79 Å². The van der Waals surface area contributed by atoms with Gasteiger partial charge in [0.1, 0.15) is 11.5 Å². The summed E-state index contributed by atoms with van der Waals surface area (Å²) in [6.07, 6.45) is 1.70. The van der Waals surface area contributed by atoms with Crippen LogP contribution in [0.3, 0.4) is 0 Å². The average molecular weight is 534 g/mol. The Balaban J connectivity index is 1.63. The monoisotopic (exact) mass is 533 g/mol. The maximum atomic E-state index is 13.7. The normalized spacial score (nSPS) is 15.4. The van der Waals surface area contributed by atoms with Gasteiger partial charge in [0.25, 0.3) is 5.56 Å². The van der Waals surface area contributed by atoms with Crippen LogP contribution in [0.15, 0.2) is 86.1 Å². The summed E-state index contributed by atoms with van der Waals surface area (Å²) in [6.45, 7) is 1.76. The lowest BCUT2D eigenvalue weighted by molar-refractivity contribution is -0.136. The fraction of sp³-hybridized carbons (Fsp3) is 0.179. The summed E-state index contributed by atoms with van der Waals surface area (Å²) < 4.78 is 13.1. The molecule has 0 aliphatic carbocycles. The second kappa shape index (κ2) is 9.88. The molecule has 5 rings (SSSR count). The molecule has 0 unspecified atom stereocenters. The van der Waals surface area contributed by atoms with Crippen LogP contribution < -0.4 is 19.8 Å². The van der Waals surface area contributed by atoms with E-state index in [2.05, 4.69) is 4.99 Å². The van der Waals surface area contributed by atoms with Gasteiger partial charge in [-0.2, -0.15) is 0 Å². The Hall–Kier alpha value is -3.88. The number of esters is 1. The van der Waals surface area contributed by atoms with Crippen molar-refractivity contribution in [3.63, 3.8) is 0 Å². The molecule has 37 heavy (non-hydrogen) atoms. The first-order valence-corrected chi connectivity index (χ1v) is 12.7. The Kier molecular flexibility index (Phi) is 6.62. The van der Waals surface area contributed by atoms with Crippen molar-refractivity contribution in [1.82, 2.24) is 4.57 Å². The number of halogens is 1. The minimum absolute atomic E-state index is 0.264. The molecule has 9 heteroatoms. The SMILES string of the molecule is COC(=O)C1=C(C)N=c2sc(=Cc3ccc(-c4cccc(Cl)c4)o3)c(=O)n2[C@@H]1c1ccc(N(C)C)cc1. The second-order valence-electron chi connectivity index (χ2n) is 8.77. The maximum Gasteiger partial charge on any atom is 0.338 e. The summed E-state index contributed by atoms with van der Waals surface area (Å²) in [5.41, 5.74) is 3.22. The van der Waals surface area contributed by atoms with Crippen LogP contribution in [-0.4, -0.2) is 31.7 Å². The lowest BCUT2D eigenvalue weighted by Gasteiger charge is -2.25. The van der Waals surface area contributed by atoms with Crippen molar-refractivity contribution < 1.29 is 13.9 Å². The highest BCUT2D eigenvalue weighted by Gasteiger charge is 2.33. The van der Waals surface area contributed by atoms with E-state index in [1.165, 1.54) is 18.4 Å². The standard InChI is InChI=1S/C28H24ClN3O4S/c1-16-24(27(34)35-4)25(17-8-10-20(11-9-17)31(2)3)32-26(33)23(37-28(32)30-16)15-21-12-13-22(36-21)18-6-5-7-19(29)14-18/h5-15,25H,1-4H3/t25-/m1/s1. The summed E-state index contributed by atoms with van der Waals surface area (Å²) >= 11 is 7.36. The Morgan fingerprint density at radius 1 is 1.16 bits per heavy atom. The molecule has 1 atom stereocenters. The fourth-order valence-electron chi connectivity index (χ4n) is 4.32. The highest BCUT2D eigenvalue weighted by atomic mass is 35.5. The number of fused-ring (bicyclic) bond motifs is 1. The van der Waals surface area contributed by atoms with E-state index in [1.54, 1.807) is 29.7 Å². The van der Waals surface area contributed by atoms with E-state index in [0.29, 0.717) is 37.1 Å². The molecule has 4 aromatic rings. The van der Waals surface area contributed by atoms with E-state index in [4.69, 9.17) is 20.8 Å². The predicted molar refractivity (Wildman–Crippen MR) is 146 cm³/mol. The van der Waals surface area contributed by atoms with Crippen LogP contribution in [-0.2, 0) is 9.53 Å². The average Bonchev–Trinajstić information content (AvgIpc) is 3.47. The zero-order chi connectivity index (χ0) is 26.3. The second-order valence-corrected chi connectivity index (χ2v) is 10.2. The number of rotatable bonds is 5. The van der Waals surface area contributed by atoms with Gasteiger partial charge in [0.15, 0.2) is 4.80 Å². The molecule has 0 amide bonds. The smallest absolute Gasteiger partial charge is 0.338 e. The van der Waals surface area contributed by atoms with E-state index in [9.17, 15) is 9.59 Å². The molecule has 0 saturated heterocycles. The van der Waals surface area contributed by atoms with Gasteiger partial charge in [-0.1, -0.05) is 47.2 Å². The van der Waals surface area contributed by atoms with Gasteiger partial charge in [-0.3, -0.25) is 9.36 Å². The zero-order valence-electron chi connectivity index (χ0n) is 20.7. The number of methoxy groups -OCH3 is 1. The predicted octanol–water partition coefficient (Wildman–Crippen LogP) is 4.39. The fourth-order valence-corrected chi connectivity index (χ4v) is 5.54. The number of carbonyl (C=O) groups is 1. The third-order valence-corrected chi connectivity index (χ3v) is 7.38. The first-order valence-electron chi connectivity index (χ1n) is 11.5. The quantitative estimate of drug-likeness (QED) is 0.356. The zero-order valence-corrected chi connectivity index (χ0v) is 22.3. The summed E-state index contributed by atoms with van der Waals surface area (Å²) in [6, 6.07) is 18.1. The molecule has 2 aromatic heterocycles. The number of hydrogen-bond acceptors (Lipinski definition) is 7. The summed E-state index contributed by atoms with van der Waals surface area (Å²) in [5.74, 6) is 0.648. The van der Waals surface area contributed by atoms with Crippen molar-refractivity contribution in [2.45, 2.75) is 13.0 Å². The van der Waals surface area contributed by atoms with Gasteiger partial charge >= 0.3 is 5.97 Å². The van der Waals surface area contributed by atoms with Crippen molar-refractivity contribution in [1.29, 1.82) is 0 Å². The van der Waals surface area contributed by atoms with Crippen molar-refractivity contribution in [2.24, 2.45) is 4.99 Å². The van der Waals surface area contributed by atoms with E-state index in [0.717, 1.165) is 16.8 Å². The largest absolute Gasteiger partial charge is 0.466 e. The third-order valence-electron chi connectivity index (χ3n) is 6.16. The van der Waals surface area contributed by atoms with Crippen LogP contribution >= 0.6 is 22.9 Å². The lowest BCUT2D eigenvalue weighted by atomic mass is 9.95. The van der Waals surface area contributed by atoms with Gasteiger partial charge in [-0.15, -0.1) is 0 Å². The number of allylic oxidation sites excluding steroid dienone is 1. The van der Waals surface area contributed by atoms with E-state index >= 15 is 0 Å². The summed E-state index contributed by atoms with van der Waals surface area (Å²) in [4.78, 5) is 33.6. The topological polar surface area (TPSA) is 77.0 Å². The van der Waals surface area contributed by atoms with E-state index in [1.807, 2.05) is 67.5 Å². The number of aromatic nitrogens is 1. The molecule has 0 N–H and O–H groups in total. The third kappa shape index (κ3) is 4.65. The molecular weight excluding hydrogens is 510 g/mol. The van der Waals surface area contributed by atoms with Crippen LogP contribution in [0, 0.1) is 0 Å². The van der Waals surface area contributed by atoms with Crippen LogP contribution in [0.1, 0.15) is 24.3 Å². The maximum absolute atomic E-state index is 13.7. The summed E-state index contributed by atoms with van der Waals surface area (Å²) in [5, 5.41) is 0.610. The van der Waals surface area contributed by atoms with Gasteiger partial charge < -0.3 is 14.1 Å². The Labute approximate surface area is 222 Å². The van der Waals surface area contributed by atoms with Crippen molar-refractivity contribution in [3.8, 4) is 11.3 Å². The van der Waals surface area contributed by atoms with Crippen LogP contribution in [0.2, 0.25) is 5.02 Å². The number of nitrogens with zero attached hydrogens (tertiary/aromatic N) is 3. The van der Waals surface area contributed by atoms with Gasteiger partial charge in [-0.05, 0) is 48.9 Å². The van der Waals surface area contributed by atoms with Crippen LogP contribution in [0.4, 0.5) is 5.69 Å². The molecule has 188 valence electrons. The van der Waals surface area contributed by atoms with Gasteiger partial charge in [0, 0.05) is 36.4 Å². The summed E-state index contributed by atoms with van der Waals surface area (Å²) in [7, 11) is 5.23. The number of anilines is 1. The highest BCUT2D eigenvalue weighted by molar-refractivity contribution is 7.07. The van der Waals surface area contributed by atoms with Crippen LogP contribution in [0.5, 0.6) is 0 Å². The van der Waals surface area contributed by atoms with Gasteiger partial charge in [0.2, 0.25) is 0 Å². The number of carbonyl (C=O) groups excluding carboxylic acids is 1. The van der Waals surface area contributed by atoms with E-state index < -0.39 is 12.0 Å². The first-order chi connectivity index (χ1) is 17.8. The Bertz CT molecular complexity index is 1710. The lowest BCUT2D eigenvalue weighted by Crippen LogP contribution is -2.39. The number of furan rings is 1. The Morgan fingerprint density at radius 2 is 1.92 bits per heavy atom. The molecular formula is C28H24ClN3O4S. The Morgan fingerprint density at radius 3 is 2.59 bits per heavy atom. The molecule has 2 aromatic carbocycles. The van der Waals surface area contributed by atoms with Crippen molar-refractivity contribution in [2.75, 3.05) is 26.1 Å². The molecule has 0 bridgehead atoms. The molecule has 0 saturated carbocycles. The van der Waals surface area contributed by atoms with Crippen molar-refractivity contribution >= 4 is 40.7 Å². The molecule has 0 radical (unpaired) electrons. The number of benzene rings is 2. The number of hydrogen-bond donors (Lipinski definition) is 0. The molecule has 3 heterocycles. The molecule has 1 aliphatic heterocycles. The minimum Gasteiger partial charge on any atom is -0.466 e. The molecule has 1 aliphatic rings. The highest BCUT2D eigenvalue weighted by Crippen LogP contribution is 2.31. The number of ether oxygens (including phenoxy) is 1. The molecule has 0 spiro atoms. The minimum atomic E-state index is -0.666. The van der Waals surface area contributed by atoms with E-state index in [-0.39, 0.29) is 5.56 Å². The molecule has 7 nitrogen and oxygen atoms in total. The van der Waals surface area contributed by atoms with Crippen LogP contribution in [0.25, 0.3) is 17.4 Å². The number of thiazole rings is 1.